The van der Waals surface area contributed by atoms with Crippen molar-refractivity contribution in [1.82, 2.24) is 4.31 Å². The SMILES string of the molecule is CNc1ccc(S(=O)(=O)N2CCCC(CO)C2)cc1. The van der Waals surface area contributed by atoms with E-state index in [1.165, 1.54) is 4.31 Å². The molecule has 19 heavy (non-hydrogen) atoms. The van der Waals surface area contributed by atoms with Gasteiger partial charge in [0, 0.05) is 32.4 Å². The summed E-state index contributed by atoms with van der Waals surface area (Å²) in [4.78, 5) is 0.310. The molecule has 2 N–H and O–H groups in total. The van der Waals surface area contributed by atoms with E-state index in [1.807, 2.05) is 0 Å². The van der Waals surface area contributed by atoms with Crippen molar-refractivity contribution < 1.29 is 13.5 Å². The van der Waals surface area contributed by atoms with Crippen LogP contribution < -0.4 is 5.32 Å². The summed E-state index contributed by atoms with van der Waals surface area (Å²) < 4.78 is 26.4. The molecule has 0 radical (unpaired) electrons. The highest BCUT2D eigenvalue weighted by Gasteiger charge is 2.29. The molecule has 0 aromatic heterocycles. The highest BCUT2D eigenvalue weighted by molar-refractivity contribution is 7.89. The fourth-order valence-electron chi connectivity index (χ4n) is 2.34. The minimum atomic E-state index is -3.44. The second-order valence-electron chi connectivity index (χ2n) is 4.83. The first-order chi connectivity index (χ1) is 9.07. The normalized spacial score (nSPS) is 21.3. The van der Waals surface area contributed by atoms with Crippen LogP contribution in [0.15, 0.2) is 29.2 Å². The third-order valence-electron chi connectivity index (χ3n) is 3.52. The molecule has 6 heteroatoms. The Labute approximate surface area is 114 Å². The lowest BCUT2D eigenvalue weighted by molar-refractivity contribution is 0.165. The van der Waals surface area contributed by atoms with E-state index >= 15 is 0 Å². The predicted octanol–water partition coefficient (Wildman–Crippen LogP) is 1.12. The van der Waals surface area contributed by atoms with E-state index in [1.54, 1.807) is 31.3 Å². The quantitative estimate of drug-likeness (QED) is 0.869. The molecule has 2 rings (SSSR count). The first-order valence-corrected chi connectivity index (χ1v) is 7.90. The van der Waals surface area contributed by atoms with Gasteiger partial charge >= 0.3 is 0 Å². The van der Waals surface area contributed by atoms with Crippen molar-refractivity contribution in [2.45, 2.75) is 17.7 Å². The molecule has 1 fully saturated rings. The lowest BCUT2D eigenvalue weighted by atomic mass is 10.0. The van der Waals surface area contributed by atoms with Crippen LogP contribution in [0.1, 0.15) is 12.8 Å². The van der Waals surface area contributed by atoms with Gasteiger partial charge in [-0.25, -0.2) is 8.42 Å². The molecule has 0 amide bonds. The van der Waals surface area contributed by atoms with Crippen molar-refractivity contribution in [3.63, 3.8) is 0 Å². The fourth-order valence-corrected chi connectivity index (χ4v) is 3.89. The third kappa shape index (κ3) is 3.08. The van der Waals surface area contributed by atoms with E-state index in [2.05, 4.69) is 5.32 Å². The summed E-state index contributed by atoms with van der Waals surface area (Å²) in [6.45, 7) is 0.990. The highest BCUT2D eigenvalue weighted by atomic mass is 32.2. The third-order valence-corrected chi connectivity index (χ3v) is 5.40. The van der Waals surface area contributed by atoms with Crippen LogP contribution in [0.5, 0.6) is 0 Å². The van der Waals surface area contributed by atoms with Crippen LogP contribution in [-0.2, 0) is 10.0 Å². The zero-order valence-electron chi connectivity index (χ0n) is 11.0. The number of benzene rings is 1. The highest BCUT2D eigenvalue weighted by Crippen LogP contribution is 2.24. The number of sulfonamides is 1. The molecule has 1 aliphatic heterocycles. The van der Waals surface area contributed by atoms with E-state index in [9.17, 15) is 13.5 Å². The Morgan fingerprint density at radius 3 is 2.63 bits per heavy atom. The van der Waals surface area contributed by atoms with E-state index in [0.717, 1.165) is 18.5 Å². The summed E-state index contributed by atoms with van der Waals surface area (Å²) in [7, 11) is -1.64. The standard InChI is InChI=1S/C13H20N2O3S/c1-14-12-4-6-13(7-5-12)19(17,18)15-8-2-3-11(9-15)10-16/h4-7,11,14,16H,2-3,8-10H2,1H3. The zero-order chi connectivity index (χ0) is 13.9. The van der Waals surface area contributed by atoms with Crippen LogP contribution in [-0.4, -0.2) is 44.6 Å². The molecule has 0 bridgehead atoms. The van der Waals surface area contributed by atoms with Gasteiger partial charge in [-0.1, -0.05) is 0 Å². The van der Waals surface area contributed by atoms with Gasteiger partial charge in [-0.3, -0.25) is 0 Å². The molecular formula is C13H20N2O3S. The number of piperidine rings is 1. The maximum absolute atomic E-state index is 12.5. The van der Waals surface area contributed by atoms with Gasteiger partial charge in [0.2, 0.25) is 10.0 Å². The van der Waals surface area contributed by atoms with Crippen LogP contribution in [0.2, 0.25) is 0 Å². The van der Waals surface area contributed by atoms with E-state index < -0.39 is 10.0 Å². The van der Waals surface area contributed by atoms with Crippen LogP contribution in [0, 0.1) is 5.92 Å². The molecule has 0 aliphatic carbocycles. The van der Waals surface area contributed by atoms with Crippen molar-refractivity contribution >= 4 is 15.7 Å². The van der Waals surface area contributed by atoms with Crippen LogP contribution in [0.3, 0.4) is 0 Å². The van der Waals surface area contributed by atoms with Gasteiger partial charge in [-0.05, 0) is 43.0 Å². The Balaban J connectivity index is 2.20. The summed E-state index contributed by atoms with van der Waals surface area (Å²) in [6.07, 6.45) is 1.69. The summed E-state index contributed by atoms with van der Waals surface area (Å²) in [5.74, 6) is 0.0557. The number of aliphatic hydroxyl groups is 1. The number of nitrogens with zero attached hydrogens (tertiary/aromatic N) is 1. The van der Waals surface area contributed by atoms with Crippen LogP contribution in [0.4, 0.5) is 5.69 Å². The van der Waals surface area contributed by atoms with E-state index in [-0.39, 0.29) is 12.5 Å². The Hall–Kier alpha value is -1.11. The number of nitrogens with one attached hydrogen (secondary N) is 1. The number of anilines is 1. The van der Waals surface area contributed by atoms with E-state index in [0.29, 0.717) is 18.0 Å². The maximum Gasteiger partial charge on any atom is 0.243 e. The predicted molar refractivity (Wildman–Crippen MR) is 74.6 cm³/mol. The zero-order valence-corrected chi connectivity index (χ0v) is 11.9. The summed E-state index contributed by atoms with van der Waals surface area (Å²) in [6, 6.07) is 6.73. The summed E-state index contributed by atoms with van der Waals surface area (Å²) in [5.41, 5.74) is 0.880. The van der Waals surface area contributed by atoms with Crippen molar-refractivity contribution in [1.29, 1.82) is 0 Å². The lowest BCUT2D eigenvalue weighted by Crippen LogP contribution is -2.40. The molecule has 1 saturated heterocycles. The molecule has 1 heterocycles. The number of hydrogen-bond donors (Lipinski definition) is 2. The first kappa shape index (κ1) is 14.3. The van der Waals surface area contributed by atoms with Crippen molar-refractivity contribution in [2.75, 3.05) is 32.1 Å². The topological polar surface area (TPSA) is 69.6 Å². The molecule has 0 spiro atoms. The minimum Gasteiger partial charge on any atom is -0.396 e. The van der Waals surface area contributed by atoms with Gasteiger partial charge in [0.25, 0.3) is 0 Å². The average molecular weight is 284 g/mol. The minimum absolute atomic E-state index is 0.0463. The van der Waals surface area contributed by atoms with Gasteiger partial charge in [-0.2, -0.15) is 4.31 Å². The molecule has 5 nitrogen and oxygen atoms in total. The number of rotatable bonds is 4. The Bertz CT molecular complexity index is 513. The van der Waals surface area contributed by atoms with Crippen LogP contribution in [0.25, 0.3) is 0 Å². The molecule has 106 valence electrons. The van der Waals surface area contributed by atoms with Crippen molar-refractivity contribution in [3.8, 4) is 0 Å². The van der Waals surface area contributed by atoms with Gasteiger partial charge < -0.3 is 10.4 Å². The maximum atomic E-state index is 12.5. The Morgan fingerprint density at radius 1 is 1.37 bits per heavy atom. The monoisotopic (exact) mass is 284 g/mol. The Morgan fingerprint density at radius 2 is 2.05 bits per heavy atom. The van der Waals surface area contributed by atoms with E-state index in [4.69, 9.17) is 0 Å². The summed E-state index contributed by atoms with van der Waals surface area (Å²) >= 11 is 0. The lowest BCUT2D eigenvalue weighted by Gasteiger charge is -2.30. The smallest absolute Gasteiger partial charge is 0.243 e. The molecule has 1 unspecified atom stereocenters. The van der Waals surface area contributed by atoms with Crippen molar-refractivity contribution in [3.05, 3.63) is 24.3 Å². The molecule has 1 atom stereocenters. The van der Waals surface area contributed by atoms with Gasteiger partial charge in [-0.15, -0.1) is 0 Å². The Kier molecular flexibility index (Phi) is 4.44. The second-order valence-corrected chi connectivity index (χ2v) is 6.77. The molecule has 1 aromatic carbocycles. The first-order valence-electron chi connectivity index (χ1n) is 6.46. The molecule has 0 saturated carbocycles. The fraction of sp³-hybridized carbons (Fsp3) is 0.538. The second kappa shape index (κ2) is 5.90. The largest absolute Gasteiger partial charge is 0.396 e. The number of aliphatic hydroxyl groups excluding tert-OH is 1. The van der Waals surface area contributed by atoms with Crippen LogP contribution >= 0.6 is 0 Å². The van der Waals surface area contributed by atoms with Gasteiger partial charge in [0.15, 0.2) is 0 Å². The number of hydrogen-bond acceptors (Lipinski definition) is 4. The van der Waals surface area contributed by atoms with Gasteiger partial charge in [0.1, 0.15) is 0 Å². The summed E-state index contributed by atoms with van der Waals surface area (Å²) in [5, 5.41) is 12.1. The molecule has 1 aliphatic rings. The average Bonchev–Trinajstić information content (AvgIpc) is 2.47. The molecular weight excluding hydrogens is 264 g/mol. The van der Waals surface area contributed by atoms with Crippen molar-refractivity contribution in [2.24, 2.45) is 5.92 Å². The van der Waals surface area contributed by atoms with Gasteiger partial charge in [0.05, 0.1) is 4.90 Å². The molecule has 1 aromatic rings.